The van der Waals surface area contributed by atoms with Gasteiger partial charge in [0.1, 0.15) is 0 Å². The second-order valence-corrected chi connectivity index (χ2v) is 7.54. The highest BCUT2D eigenvalue weighted by Crippen LogP contribution is 2.22. The SMILES string of the molecule is CCCCN(C)C(=O)CCC1CCCN(C(=O)Nc2ccc(Cl)cc2)C1. The Morgan fingerprint density at radius 2 is 2.04 bits per heavy atom. The summed E-state index contributed by atoms with van der Waals surface area (Å²) in [4.78, 5) is 28.4. The van der Waals surface area contributed by atoms with E-state index in [9.17, 15) is 9.59 Å². The zero-order valence-electron chi connectivity index (χ0n) is 15.8. The fourth-order valence-corrected chi connectivity index (χ4v) is 3.39. The van der Waals surface area contributed by atoms with Crippen molar-refractivity contribution < 1.29 is 9.59 Å². The summed E-state index contributed by atoms with van der Waals surface area (Å²) in [6, 6.07) is 7.04. The fraction of sp³-hybridized carbons (Fsp3) is 0.600. The molecule has 1 heterocycles. The first-order chi connectivity index (χ1) is 12.5. The number of carbonyl (C=O) groups is 2. The lowest BCUT2D eigenvalue weighted by Gasteiger charge is -2.33. The first-order valence-corrected chi connectivity index (χ1v) is 9.93. The van der Waals surface area contributed by atoms with Gasteiger partial charge in [-0.15, -0.1) is 0 Å². The van der Waals surface area contributed by atoms with Crippen molar-refractivity contribution in [1.29, 1.82) is 0 Å². The molecule has 0 saturated carbocycles. The molecule has 1 atom stereocenters. The van der Waals surface area contributed by atoms with Crippen LogP contribution in [-0.4, -0.2) is 48.4 Å². The number of nitrogens with zero attached hydrogens (tertiary/aromatic N) is 2. The topological polar surface area (TPSA) is 52.7 Å². The molecule has 3 amide bonds. The fourth-order valence-electron chi connectivity index (χ4n) is 3.26. The van der Waals surface area contributed by atoms with Crippen molar-refractivity contribution in [3.8, 4) is 0 Å². The number of carbonyl (C=O) groups excluding carboxylic acids is 2. The first-order valence-electron chi connectivity index (χ1n) is 9.55. The Morgan fingerprint density at radius 3 is 2.73 bits per heavy atom. The number of nitrogens with one attached hydrogen (secondary N) is 1. The van der Waals surface area contributed by atoms with Gasteiger partial charge in [0.2, 0.25) is 5.91 Å². The second kappa shape index (κ2) is 10.4. The predicted molar refractivity (Wildman–Crippen MR) is 107 cm³/mol. The third kappa shape index (κ3) is 6.52. The van der Waals surface area contributed by atoms with Gasteiger partial charge in [0.05, 0.1) is 0 Å². The van der Waals surface area contributed by atoms with Crippen LogP contribution in [0.15, 0.2) is 24.3 Å². The van der Waals surface area contributed by atoms with E-state index in [2.05, 4.69) is 12.2 Å². The van der Waals surface area contributed by atoms with E-state index in [4.69, 9.17) is 11.6 Å². The molecule has 5 nitrogen and oxygen atoms in total. The number of amides is 3. The molecule has 1 saturated heterocycles. The Kier molecular flexibility index (Phi) is 8.23. The van der Waals surface area contributed by atoms with Gasteiger partial charge in [-0.25, -0.2) is 4.79 Å². The molecule has 0 bridgehead atoms. The quantitative estimate of drug-likeness (QED) is 0.751. The standard InChI is InChI=1S/C20H30ClN3O2/c1-3-4-13-23(2)19(25)12-7-16-6-5-14-24(15-16)20(26)22-18-10-8-17(21)9-11-18/h8-11,16H,3-7,12-15H2,1-2H3,(H,22,26). The molecule has 1 aromatic carbocycles. The number of benzene rings is 1. The summed E-state index contributed by atoms with van der Waals surface area (Å²) < 4.78 is 0. The van der Waals surface area contributed by atoms with E-state index in [0.717, 1.165) is 50.9 Å². The van der Waals surface area contributed by atoms with Gasteiger partial charge >= 0.3 is 6.03 Å². The minimum atomic E-state index is -0.0802. The smallest absolute Gasteiger partial charge is 0.321 e. The summed E-state index contributed by atoms with van der Waals surface area (Å²) in [6.45, 7) is 4.44. The monoisotopic (exact) mass is 379 g/mol. The van der Waals surface area contributed by atoms with E-state index in [1.165, 1.54) is 0 Å². The van der Waals surface area contributed by atoms with Crippen LogP contribution in [0.3, 0.4) is 0 Å². The summed E-state index contributed by atoms with van der Waals surface area (Å²) >= 11 is 5.87. The number of rotatable bonds is 7. The Morgan fingerprint density at radius 1 is 1.31 bits per heavy atom. The summed E-state index contributed by atoms with van der Waals surface area (Å²) in [5, 5.41) is 3.57. The number of hydrogen-bond acceptors (Lipinski definition) is 2. The van der Waals surface area contributed by atoms with E-state index in [1.54, 1.807) is 24.3 Å². The van der Waals surface area contributed by atoms with Crippen LogP contribution in [0.1, 0.15) is 45.4 Å². The molecule has 1 fully saturated rings. The van der Waals surface area contributed by atoms with Crippen molar-refractivity contribution >= 4 is 29.2 Å². The van der Waals surface area contributed by atoms with Crippen molar-refractivity contribution in [2.24, 2.45) is 5.92 Å². The number of halogens is 1. The highest BCUT2D eigenvalue weighted by molar-refractivity contribution is 6.30. The highest BCUT2D eigenvalue weighted by Gasteiger charge is 2.24. The molecule has 2 rings (SSSR count). The lowest BCUT2D eigenvalue weighted by atomic mass is 9.93. The van der Waals surface area contributed by atoms with Crippen LogP contribution in [0.4, 0.5) is 10.5 Å². The highest BCUT2D eigenvalue weighted by atomic mass is 35.5. The molecule has 0 spiro atoms. The number of piperidine rings is 1. The van der Waals surface area contributed by atoms with Crippen LogP contribution < -0.4 is 5.32 Å². The van der Waals surface area contributed by atoms with Crippen LogP contribution >= 0.6 is 11.6 Å². The maximum atomic E-state index is 12.5. The summed E-state index contributed by atoms with van der Waals surface area (Å²) in [6.07, 6.45) is 5.62. The molecule has 0 aliphatic carbocycles. The number of urea groups is 1. The average Bonchev–Trinajstić information content (AvgIpc) is 2.66. The van der Waals surface area contributed by atoms with Gasteiger partial charge in [-0.1, -0.05) is 24.9 Å². The average molecular weight is 380 g/mol. The van der Waals surface area contributed by atoms with E-state index in [-0.39, 0.29) is 11.9 Å². The molecule has 1 aromatic rings. The summed E-state index contributed by atoms with van der Waals surface area (Å²) in [5.74, 6) is 0.601. The van der Waals surface area contributed by atoms with Crippen molar-refractivity contribution in [3.63, 3.8) is 0 Å². The summed E-state index contributed by atoms with van der Waals surface area (Å²) in [5.41, 5.74) is 0.745. The lowest BCUT2D eigenvalue weighted by molar-refractivity contribution is -0.130. The van der Waals surface area contributed by atoms with Crippen molar-refractivity contribution in [3.05, 3.63) is 29.3 Å². The molecular weight excluding hydrogens is 350 g/mol. The van der Waals surface area contributed by atoms with E-state index in [1.807, 2.05) is 16.8 Å². The van der Waals surface area contributed by atoms with Crippen LogP contribution in [0, 0.1) is 5.92 Å². The van der Waals surface area contributed by atoms with Crippen LogP contribution in [0.25, 0.3) is 0 Å². The van der Waals surface area contributed by atoms with Gasteiger partial charge in [-0.05, 0) is 55.9 Å². The molecular formula is C20H30ClN3O2. The lowest BCUT2D eigenvalue weighted by Crippen LogP contribution is -2.42. The number of anilines is 1. The van der Waals surface area contributed by atoms with Crippen molar-refractivity contribution in [2.45, 2.75) is 45.4 Å². The normalized spacial score (nSPS) is 17.0. The molecule has 0 aromatic heterocycles. The molecule has 1 N–H and O–H groups in total. The van der Waals surface area contributed by atoms with Crippen molar-refractivity contribution in [2.75, 3.05) is 32.0 Å². The summed E-state index contributed by atoms with van der Waals surface area (Å²) in [7, 11) is 1.88. The zero-order chi connectivity index (χ0) is 18.9. The van der Waals surface area contributed by atoms with Gasteiger partial charge < -0.3 is 15.1 Å². The minimum absolute atomic E-state index is 0.0802. The third-order valence-electron chi connectivity index (χ3n) is 4.94. The Balaban J connectivity index is 1.78. The van der Waals surface area contributed by atoms with Gasteiger partial charge in [-0.3, -0.25) is 4.79 Å². The van der Waals surface area contributed by atoms with Crippen LogP contribution in [0.2, 0.25) is 5.02 Å². The van der Waals surface area contributed by atoms with Gasteiger partial charge in [-0.2, -0.15) is 0 Å². The molecule has 1 aliphatic rings. The first kappa shape index (κ1) is 20.6. The van der Waals surface area contributed by atoms with E-state index >= 15 is 0 Å². The Hall–Kier alpha value is -1.75. The maximum Gasteiger partial charge on any atom is 0.321 e. The minimum Gasteiger partial charge on any atom is -0.346 e. The molecule has 0 radical (unpaired) electrons. The van der Waals surface area contributed by atoms with Crippen LogP contribution in [-0.2, 0) is 4.79 Å². The maximum absolute atomic E-state index is 12.5. The van der Waals surface area contributed by atoms with E-state index in [0.29, 0.717) is 23.9 Å². The zero-order valence-corrected chi connectivity index (χ0v) is 16.6. The number of unbranched alkanes of at least 4 members (excludes halogenated alkanes) is 1. The van der Waals surface area contributed by atoms with Gasteiger partial charge in [0.15, 0.2) is 0 Å². The van der Waals surface area contributed by atoms with Crippen molar-refractivity contribution in [1.82, 2.24) is 9.80 Å². The van der Waals surface area contributed by atoms with Crippen LogP contribution in [0.5, 0.6) is 0 Å². The predicted octanol–water partition coefficient (Wildman–Crippen LogP) is 4.62. The van der Waals surface area contributed by atoms with E-state index < -0.39 is 0 Å². The number of hydrogen-bond donors (Lipinski definition) is 1. The molecule has 26 heavy (non-hydrogen) atoms. The molecule has 1 aliphatic heterocycles. The number of likely N-dealkylation sites (tertiary alicyclic amines) is 1. The Bertz CT molecular complexity index is 591. The molecule has 144 valence electrons. The second-order valence-electron chi connectivity index (χ2n) is 7.10. The third-order valence-corrected chi connectivity index (χ3v) is 5.19. The van der Waals surface area contributed by atoms with Gasteiger partial charge in [0, 0.05) is 43.8 Å². The molecule has 6 heteroatoms. The Labute approximate surface area is 161 Å². The van der Waals surface area contributed by atoms with Gasteiger partial charge in [0.25, 0.3) is 0 Å². The largest absolute Gasteiger partial charge is 0.346 e. The molecule has 1 unspecified atom stereocenters.